The molecule has 2 aromatic heterocycles. The maximum absolute atomic E-state index is 11.8. The van der Waals surface area contributed by atoms with Crippen molar-refractivity contribution >= 4 is 29.0 Å². The molecule has 2 aromatic rings. The third-order valence-electron chi connectivity index (χ3n) is 2.40. The van der Waals surface area contributed by atoms with Crippen molar-refractivity contribution in [2.24, 2.45) is 0 Å². The molecule has 2 heterocycles. The lowest BCUT2D eigenvalue weighted by molar-refractivity contribution is -0.119. The van der Waals surface area contributed by atoms with Crippen LogP contribution in [-0.2, 0) is 4.79 Å². The van der Waals surface area contributed by atoms with E-state index in [9.17, 15) is 4.79 Å². The Morgan fingerprint density at radius 1 is 1.50 bits per heavy atom. The number of carbonyl (C=O) groups excluding carboxylic acids is 1. The van der Waals surface area contributed by atoms with Crippen LogP contribution in [0, 0.1) is 0 Å². The van der Waals surface area contributed by atoms with E-state index < -0.39 is 0 Å². The Morgan fingerprint density at radius 2 is 2.39 bits per heavy atom. The molecule has 18 heavy (non-hydrogen) atoms. The first-order valence-corrected chi connectivity index (χ1v) is 7.48. The summed E-state index contributed by atoms with van der Waals surface area (Å²) in [6.45, 7) is 1.96. The summed E-state index contributed by atoms with van der Waals surface area (Å²) in [7, 11) is 0. The molecule has 1 N–H and O–H groups in total. The summed E-state index contributed by atoms with van der Waals surface area (Å²) in [5, 5.41) is 4.98. The number of amides is 1. The molecule has 0 aliphatic carbocycles. The molecule has 0 radical (unpaired) electrons. The van der Waals surface area contributed by atoms with E-state index >= 15 is 0 Å². The Labute approximate surface area is 115 Å². The quantitative estimate of drug-likeness (QED) is 0.854. The highest BCUT2D eigenvalue weighted by Gasteiger charge is 2.09. The number of carbonyl (C=O) groups is 1. The van der Waals surface area contributed by atoms with Crippen molar-refractivity contribution in [3.63, 3.8) is 0 Å². The minimum absolute atomic E-state index is 0.00450. The summed E-state index contributed by atoms with van der Waals surface area (Å²) in [6, 6.07) is 7.84. The molecule has 0 aliphatic heterocycles. The number of nitrogens with one attached hydrogen (secondary N) is 1. The number of pyridine rings is 1. The van der Waals surface area contributed by atoms with Crippen LogP contribution in [0.5, 0.6) is 0 Å². The predicted octanol–water partition coefficient (Wildman–Crippen LogP) is 3.11. The second-order valence-electron chi connectivity index (χ2n) is 3.80. The zero-order valence-corrected chi connectivity index (χ0v) is 11.6. The highest BCUT2D eigenvalue weighted by molar-refractivity contribution is 8.01. The molecule has 0 aromatic carbocycles. The number of thiophene rings is 1. The first-order valence-electron chi connectivity index (χ1n) is 5.61. The Hall–Kier alpha value is -1.33. The normalized spacial score (nSPS) is 12.1. The van der Waals surface area contributed by atoms with Crippen LogP contribution in [0.3, 0.4) is 0 Å². The average molecular weight is 278 g/mol. The standard InChI is InChI=1S/C13H14N2OS2/c1-10(11-4-2-6-14-8-11)15-12(16)9-18-13-5-3-7-17-13/h2-8,10H,9H2,1H3,(H,15,16). The van der Waals surface area contributed by atoms with Gasteiger partial charge in [0, 0.05) is 12.4 Å². The molecule has 0 bridgehead atoms. The van der Waals surface area contributed by atoms with Crippen molar-refractivity contribution in [2.75, 3.05) is 5.75 Å². The maximum atomic E-state index is 11.8. The van der Waals surface area contributed by atoms with Crippen molar-refractivity contribution in [2.45, 2.75) is 17.2 Å². The van der Waals surface area contributed by atoms with Crippen molar-refractivity contribution in [3.05, 3.63) is 47.6 Å². The van der Waals surface area contributed by atoms with Crippen molar-refractivity contribution in [1.29, 1.82) is 0 Å². The smallest absolute Gasteiger partial charge is 0.230 e. The molecule has 3 nitrogen and oxygen atoms in total. The molecular formula is C13H14N2OS2. The summed E-state index contributed by atoms with van der Waals surface area (Å²) >= 11 is 3.22. The lowest BCUT2D eigenvalue weighted by Crippen LogP contribution is -2.28. The number of hydrogen-bond acceptors (Lipinski definition) is 4. The van der Waals surface area contributed by atoms with Gasteiger partial charge in [0.15, 0.2) is 0 Å². The van der Waals surface area contributed by atoms with Gasteiger partial charge in [-0.05, 0) is 30.0 Å². The van der Waals surface area contributed by atoms with Crippen LogP contribution in [0.2, 0.25) is 0 Å². The van der Waals surface area contributed by atoms with Crippen LogP contribution >= 0.6 is 23.1 Å². The van der Waals surface area contributed by atoms with Gasteiger partial charge in [-0.25, -0.2) is 0 Å². The molecule has 1 unspecified atom stereocenters. The van der Waals surface area contributed by atoms with E-state index in [0.29, 0.717) is 5.75 Å². The van der Waals surface area contributed by atoms with E-state index in [-0.39, 0.29) is 11.9 Å². The van der Waals surface area contributed by atoms with Crippen LogP contribution in [-0.4, -0.2) is 16.6 Å². The van der Waals surface area contributed by atoms with Crippen LogP contribution in [0.15, 0.2) is 46.2 Å². The molecule has 0 saturated heterocycles. The van der Waals surface area contributed by atoms with E-state index in [1.165, 1.54) is 4.21 Å². The van der Waals surface area contributed by atoms with Gasteiger partial charge >= 0.3 is 0 Å². The minimum atomic E-state index is -0.00450. The summed E-state index contributed by atoms with van der Waals surface area (Å²) in [5.74, 6) is 0.496. The summed E-state index contributed by atoms with van der Waals surface area (Å²) in [4.78, 5) is 15.8. The maximum Gasteiger partial charge on any atom is 0.230 e. The molecule has 94 valence electrons. The van der Waals surface area contributed by atoms with Crippen molar-refractivity contribution in [1.82, 2.24) is 10.3 Å². The third-order valence-corrected chi connectivity index (χ3v) is 4.53. The zero-order valence-electron chi connectivity index (χ0n) is 10.00. The fourth-order valence-corrected chi connectivity index (χ4v) is 3.08. The number of aromatic nitrogens is 1. The molecule has 2 rings (SSSR count). The summed E-state index contributed by atoms with van der Waals surface area (Å²) in [5.41, 5.74) is 1.02. The molecule has 1 amide bonds. The highest BCUT2D eigenvalue weighted by Crippen LogP contribution is 2.23. The van der Waals surface area contributed by atoms with Crippen LogP contribution in [0.1, 0.15) is 18.5 Å². The van der Waals surface area contributed by atoms with Crippen LogP contribution in [0.25, 0.3) is 0 Å². The Bertz CT molecular complexity index is 485. The largest absolute Gasteiger partial charge is 0.349 e. The fourth-order valence-electron chi connectivity index (χ4n) is 1.48. The molecule has 0 saturated carbocycles. The van der Waals surface area contributed by atoms with Gasteiger partial charge in [-0.15, -0.1) is 23.1 Å². The number of nitrogens with zero attached hydrogens (tertiary/aromatic N) is 1. The molecule has 0 fully saturated rings. The first kappa shape index (κ1) is 13.1. The highest BCUT2D eigenvalue weighted by atomic mass is 32.2. The van der Waals surface area contributed by atoms with E-state index in [2.05, 4.69) is 10.3 Å². The number of hydrogen-bond donors (Lipinski definition) is 1. The van der Waals surface area contributed by atoms with Gasteiger partial charge in [0.25, 0.3) is 0 Å². The van der Waals surface area contributed by atoms with E-state index in [4.69, 9.17) is 0 Å². The Kier molecular flexibility index (Phi) is 4.78. The van der Waals surface area contributed by atoms with Crippen molar-refractivity contribution < 1.29 is 4.79 Å². The van der Waals surface area contributed by atoms with Gasteiger partial charge in [0.2, 0.25) is 5.91 Å². The van der Waals surface area contributed by atoms with Crippen LogP contribution < -0.4 is 5.32 Å². The molecule has 1 atom stereocenters. The van der Waals surface area contributed by atoms with Gasteiger partial charge < -0.3 is 5.32 Å². The topological polar surface area (TPSA) is 42.0 Å². The molecular weight excluding hydrogens is 264 g/mol. The predicted molar refractivity (Wildman–Crippen MR) is 75.8 cm³/mol. The minimum Gasteiger partial charge on any atom is -0.349 e. The monoisotopic (exact) mass is 278 g/mol. The zero-order chi connectivity index (χ0) is 12.8. The second kappa shape index (κ2) is 6.56. The number of rotatable bonds is 5. The molecule has 5 heteroatoms. The van der Waals surface area contributed by atoms with Gasteiger partial charge in [-0.3, -0.25) is 9.78 Å². The van der Waals surface area contributed by atoms with Gasteiger partial charge in [0.05, 0.1) is 16.0 Å². The van der Waals surface area contributed by atoms with E-state index in [1.54, 1.807) is 35.5 Å². The lowest BCUT2D eigenvalue weighted by Gasteiger charge is -2.13. The van der Waals surface area contributed by atoms with Gasteiger partial charge in [-0.1, -0.05) is 12.1 Å². The first-order chi connectivity index (χ1) is 8.75. The molecule has 0 aliphatic rings. The van der Waals surface area contributed by atoms with E-state index in [1.807, 2.05) is 36.6 Å². The molecule has 0 spiro atoms. The Balaban J connectivity index is 1.80. The van der Waals surface area contributed by atoms with Crippen molar-refractivity contribution in [3.8, 4) is 0 Å². The Morgan fingerprint density at radius 3 is 3.06 bits per heavy atom. The summed E-state index contributed by atoms with van der Waals surface area (Å²) < 4.78 is 1.17. The average Bonchev–Trinajstić information content (AvgIpc) is 2.90. The summed E-state index contributed by atoms with van der Waals surface area (Å²) in [6.07, 6.45) is 3.50. The van der Waals surface area contributed by atoms with Crippen LogP contribution in [0.4, 0.5) is 0 Å². The van der Waals surface area contributed by atoms with E-state index in [0.717, 1.165) is 5.56 Å². The van der Waals surface area contributed by atoms with Gasteiger partial charge in [-0.2, -0.15) is 0 Å². The number of thioether (sulfide) groups is 1. The fraction of sp³-hybridized carbons (Fsp3) is 0.231. The third kappa shape index (κ3) is 3.85. The lowest BCUT2D eigenvalue weighted by atomic mass is 10.1. The SMILES string of the molecule is CC(NC(=O)CSc1cccs1)c1cccnc1. The van der Waals surface area contributed by atoms with Gasteiger partial charge in [0.1, 0.15) is 0 Å². The second-order valence-corrected chi connectivity index (χ2v) is 6.02.